The van der Waals surface area contributed by atoms with Gasteiger partial charge < -0.3 is 14.4 Å². The number of benzene rings is 2. The first-order chi connectivity index (χ1) is 23.0. The third kappa shape index (κ3) is 7.43. The molecule has 2 bridgehead atoms. The predicted molar refractivity (Wildman–Crippen MR) is 187 cm³/mol. The molecule has 1 aliphatic carbocycles. The summed E-state index contributed by atoms with van der Waals surface area (Å²) in [7, 11) is -2.07. The molecule has 2 aromatic carbocycles. The maximum Gasteiger partial charge on any atom is 0.264 e. The van der Waals surface area contributed by atoms with Crippen molar-refractivity contribution in [2.24, 2.45) is 18.9 Å². The van der Waals surface area contributed by atoms with E-state index < -0.39 is 26.6 Å². The standard InChI is InChI=1S/C36H46ClN5O5S/c1-5-8-25-17-28(37)13-15-31(25)36(3)22-42-19-27-11-14-30(27)33(46-21-29-20-41(4)40-38-29)10-7-6-9-24(2)48(44,45)39-35(43)26-12-16-34(47-23-36)32(42)18-26/h7,10,12-13,15-18,20,24,27,30,33H,5-6,8-9,11,14,19,21-23H2,1-4H3,(H,39,43)/b10-7+/t24-,27+,30-,33+,36+/m1/s1. The number of ether oxygens (including phenoxy) is 2. The molecule has 48 heavy (non-hydrogen) atoms. The Kier molecular flexibility index (Phi) is 10.2. The zero-order chi connectivity index (χ0) is 34.1. The second kappa shape index (κ2) is 14.2. The van der Waals surface area contributed by atoms with Crippen LogP contribution in [0.2, 0.25) is 5.02 Å². The molecule has 5 atom stereocenters. The normalized spacial score (nSPS) is 27.9. The van der Waals surface area contributed by atoms with E-state index in [4.69, 9.17) is 21.1 Å². The molecule has 1 aromatic heterocycles. The number of carbonyl (C=O) groups is 1. The molecule has 258 valence electrons. The highest BCUT2D eigenvalue weighted by molar-refractivity contribution is 7.90. The first kappa shape index (κ1) is 34.5. The lowest BCUT2D eigenvalue weighted by molar-refractivity contribution is -0.0237. The van der Waals surface area contributed by atoms with Crippen molar-refractivity contribution in [1.29, 1.82) is 0 Å². The fourth-order valence-electron chi connectivity index (χ4n) is 7.28. The molecular weight excluding hydrogens is 650 g/mol. The van der Waals surface area contributed by atoms with Crippen molar-refractivity contribution in [2.45, 2.75) is 82.7 Å². The minimum atomic E-state index is -3.90. The molecule has 0 radical (unpaired) electrons. The number of amides is 1. The van der Waals surface area contributed by atoms with E-state index in [2.05, 4.69) is 52.0 Å². The SMILES string of the molecule is CCCc1cc(Cl)ccc1[C@]1(C)COc2ccc3cc2N(C[C@@H]2CC[C@H]2[C@@H](OCc2cn(C)nn2)/C=C/CC[C@@H](C)S(=O)(=O)NC3=O)C1. The molecule has 0 saturated heterocycles. The zero-order valence-corrected chi connectivity index (χ0v) is 29.8. The van der Waals surface area contributed by atoms with Gasteiger partial charge in [0.1, 0.15) is 11.4 Å². The molecule has 2 aliphatic heterocycles. The topological polar surface area (TPSA) is 116 Å². The number of halogens is 1. The van der Waals surface area contributed by atoms with Crippen LogP contribution in [0.3, 0.4) is 0 Å². The first-order valence-electron chi connectivity index (χ1n) is 17.0. The van der Waals surface area contributed by atoms with Gasteiger partial charge in [0.05, 0.1) is 36.5 Å². The quantitative estimate of drug-likeness (QED) is 0.313. The van der Waals surface area contributed by atoms with Gasteiger partial charge >= 0.3 is 0 Å². The number of nitrogens with zero attached hydrogens (tertiary/aromatic N) is 4. The molecule has 6 rings (SSSR count). The third-order valence-corrected chi connectivity index (χ3v) is 12.1. The number of carbonyl (C=O) groups excluding carboxylic acids is 1. The lowest BCUT2D eigenvalue weighted by Gasteiger charge is -2.45. The Morgan fingerprint density at radius 3 is 2.73 bits per heavy atom. The van der Waals surface area contributed by atoms with Crippen molar-refractivity contribution in [1.82, 2.24) is 19.7 Å². The maximum atomic E-state index is 13.4. The molecule has 10 nitrogen and oxygen atoms in total. The summed E-state index contributed by atoms with van der Waals surface area (Å²) >= 11 is 6.47. The van der Waals surface area contributed by atoms with Crippen LogP contribution in [0.5, 0.6) is 5.75 Å². The fraction of sp³-hybridized carbons (Fsp3) is 0.528. The summed E-state index contributed by atoms with van der Waals surface area (Å²) in [6, 6.07) is 11.4. The second-order valence-corrected chi connectivity index (χ2v) is 16.5. The van der Waals surface area contributed by atoms with Crippen LogP contribution in [0, 0.1) is 11.8 Å². The summed E-state index contributed by atoms with van der Waals surface area (Å²) in [6.07, 6.45) is 10.7. The number of rotatable bonds is 6. The Hall–Kier alpha value is -3.41. The van der Waals surface area contributed by atoms with Crippen LogP contribution in [-0.4, -0.2) is 60.4 Å². The van der Waals surface area contributed by atoms with Gasteiger partial charge in [0.25, 0.3) is 5.91 Å². The van der Waals surface area contributed by atoms with Crippen LogP contribution in [0.1, 0.15) is 80.1 Å². The molecule has 1 N–H and O–H groups in total. The largest absolute Gasteiger partial charge is 0.490 e. The summed E-state index contributed by atoms with van der Waals surface area (Å²) in [6.45, 7) is 8.17. The average Bonchev–Trinajstić information content (AvgIpc) is 3.39. The average molecular weight is 696 g/mol. The highest BCUT2D eigenvalue weighted by Gasteiger charge is 2.42. The number of anilines is 1. The van der Waals surface area contributed by atoms with Gasteiger partial charge in [-0.25, -0.2) is 13.1 Å². The summed E-state index contributed by atoms with van der Waals surface area (Å²) < 4.78 is 43.4. The molecule has 0 spiro atoms. The van der Waals surface area contributed by atoms with Crippen LogP contribution >= 0.6 is 11.6 Å². The highest BCUT2D eigenvalue weighted by Crippen LogP contribution is 2.44. The first-order valence-corrected chi connectivity index (χ1v) is 18.9. The predicted octanol–water partition coefficient (Wildman–Crippen LogP) is 5.99. The fourth-order valence-corrected chi connectivity index (χ4v) is 8.50. The van der Waals surface area contributed by atoms with Gasteiger partial charge in [-0.05, 0) is 92.3 Å². The molecule has 0 unspecified atom stereocenters. The molecule has 1 amide bonds. The molecule has 3 heterocycles. The number of aromatic nitrogens is 3. The monoisotopic (exact) mass is 695 g/mol. The van der Waals surface area contributed by atoms with Gasteiger partial charge in [-0.1, -0.05) is 55.3 Å². The van der Waals surface area contributed by atoms with Gasteiger partial charge in [-0.15, -0.1) is 5.10 Å². The van der Waals surface area contributed by atoms with E-state index in [-0.39, 0.29) is 17.6 Å². The van der Waals surface area contributed by atoms with Crippen molar-refractivity contribution in [3.8, 4) is 5.75 Å². The maximum absolute atomic E-state index is 13.4. The molecule has 1 fully saturated rings. The Morgan fingerprint density at radius 2 is 2.00 bits per heavy atom. The van der Waals surface area contributed by atoms with E-state index in [1.165, 1.54) is 11.1 Å². The van der Waals surface area contributed by atoms with E-state index in [0.29, 0.717) is 49.3 Å². The highest BCUT2D eigenvalue weighted by atomic mass is 35.5. The van der Waals surface area contributed by atoms with Crippen molar-refractivity contribution in [3.05, 3.63) is 82.2 Å². The van der Waals surface area contributed by atoms with Crippen molar-refractivity contribution in [3.63, 3.8) is 0 Å². The summed E-state index contributed by atoms with van der Waals surface area (Å²) in [5.41, 5.74) is 3.84. The van der Waals surface area contributed by atoms with Crippen molar-refractivity contribution in [2.75, 3.05) is 24.6 Å². The number of sulfonamides is 1. The van der Waals surface area contributed by atoms with Crippen LogP contribution in [0.15, 0.2) is 54.7 Å². The number of allylic oxidation sites excluding steroid dienone is 1. The number of aryl methyl sites for hydroxylation is 2. The lowest BCUT2D eigenvalue weighted by Crippen LogP contribution is -2.48. The molecule has 12 heteroatoms. The van der Waals surface area contributed by atoms with E-state index in [9.17, 15) is 13.2 Å². The smallest absolute Gasteiger partial charge is 0.264 e. The summed E-state index contributed by atoms with van der Waals surface area (Å²) in [5, 5.41) is 8.22. The molecular formula is C36H46ClN5O5S. The van der Waals surface area contributed by atoms with Gasteiger partial charge in [-0.3, -0.25) is 9.48 Å². The minimum Gasteiger partial charge on any atom is -0.490 e. The Balaban J connectivity index is 1.39. The van der Waals surface area contributed by atoms with Crippen molar-refractivity contribution < 1.29 is 22.7 Å². The summed E-state index contributed by atoms with van der Waals surface area (Å²) in [4.78, 5) is 15.7. The van der Waals surface area contributed by atoms with Gasteiger partial charge in [0, 0.05) is 36.1 Å². The van der Waals surface area contributed by atoms with Crippen LogP contribution < -0.4 is 14.4 Å². The Labute approximate surface area is 288 Å². The van der Waals surface area contributed by atoms with Crippen molar-refractivity contribution >= 4 is 33.2 Å². The van der Waals surface area contributed by atoms with E-state index >= 15 is 0 Å². The van der Waals surface area contributed by atoms with Gasteiger partial charge in [-0.2, -0.15) is 0 Å². The minimum absolute atomic E-state index is 0.168. The molecule has 3 aliphatic rings. The number of hydrogen-bond acceptors (Lipinski definition) is 8. The van der Waals surface area contributed by atoms with Crippen LogP contribution in [-0.2, 0) is 40.3 Å². The van der Waals surface area contributed by atoms with E-state index in [1.807, 2.05) is 25.4 Å². The van der Waals surface area contributed by atoms with E-state index in [0.717, 1.165) is 43.6 Å². The van der Waals surface area contributed by atoms with Gasteiger partial charge in [0.2, 0.25) is 10.0 Å². The summed E-state index contributed by atoms with van der Waals surface area (Å²) in [5.74, 6) is 0.608. The van der Waals surface area contributed by atoms with Crippen LogP contribution in [0.25, 0.3) is 0 Å². The third-order valence-electron chi connectivity index (χ3n) is 10.1. The Morgan fingerprint density at radius 1 is 1.17 bits per heavy atom. The van der Waals surface area contributed by atoms with Gasteiger partial charge in [0.15, 0.2) is 0 Å². The molecule has 1 saturated carbocycles. The van der Waals surface area contributed by atoms with E-state index in [1.54, 1.807) is 29.8 Å². The zero-order valence-electron chi connectivity index (χ0n) is 28.2. The number of fused-ring (bicyclic) bond motifs is 2. The lowest BCUT2D eigenvalue weighted by atomic mass is 9.69. The number of nitrogens with one attached hydrogen (secondary N) is 1. The Bertz CT molecular complexity index is 1780. The number of hydrogen-bond donors (Lipinski definition) is 1. The molecule has 3 aromatic rings. The van der Waals surface area contributed by atoms with Crippen LogP contribution in [0.4, 0.5) is 5.69 Å². The second-order valence-electron chi connectivity index (χ2n) is 13.9.